The summed E-state index contributed by atoms with van der Waals surface area (Å²) in [5.41, 5.74) is -0.969. The predicted octanol–water partition coefficient (Wildman–Crippen LogP) is 2.32. The van der Waals surface area contributed by atoms with Gasteiger partial charge in [-0.05, 0) is 56.2 Å². The molecule has 0 atom stereocenters. The number of hydrogen-bond donors (Lipinski definition) is 0. The molecule has 0 unspecified atom stereocenters. The Bertz CT molecular complexity index is 416. The van der Waals surface area contributed by atoms with Gasteiger partial charge in [-0.15, -0.1) is 0 Å². The zero-order chi connectivity index (χ0) is 12.0. The summed E-state index contributed by atoms with van der Waals surface area (Å²) < 4.78 is 8.20. The first kappa shape index (κ1) is 11.9. The van der Waals surface area contributed by atoms with Crippen LogP contribution in [0.5, 0.6) is 0 Å². The molecule has 0 radical (unpaired) electrons. The first-order chi connectivity index (χ1) is 7.33. The maximum Gasteiger partial charge on any atom is 0.334 e. The second-order valence-electron chi connectivity index (χ2n) is 5.14. The van der Waals surface area contributed by atoms with Gasteiger partial charge in [0.25, 0.3) is 0 Å². The van der Waals surface area contributed by atoms with E-state index in [0.717, 1.165) is 16.4 Å². The zero-order valence-corrected chi connectivity index (χ0v) is 11.8. The van der Waals surface area contributed by atoms with Gasteiger partial charge in [-0.25, -0.2) is 4.79 Å². The first-order valence-corrected chi connectivity index (χ1v) is 6.35. The number of esters is 1. The van der Waals surface area contributed by atoms with Crippen molar-refractivity contribution in [2.45, 2.75) is 44.8 Å². The molecule has 88 valence electrons. The Labute approximate surface area is 108 Å². The Hall–Kier alpha value is -0.590. The molecule has 0 spiro atoms. The second-order valence-corrected chi connectivity index (χ2v) is 6.38. The van der Waals surface area contributed by atoms with E-state index in [0.29, 0.717) is 0 Å². The van der Waals surface area contributed by atoms with E-state index in [1.165, 1.54) is 0 Å². The van der Waals surface area contributed by atoms with Crippen LogP contribution in [-0.4, -0.2) is 21.4 Å². The molecule has 0 bridgehead atoms. The van der Waals surface area contributed by atoms with E-state index in [-0.39, 0.29) is 5.97 Å². The maximum absolute atomic E-state index is 12.1. The standard InChI is InChI=1S/C11H15IN2O2/c1-10(2,3)16-9(15)11(4-5-11)14-7-8(12)6-13-14/h6-7H,4-5H2,1-3H3. The van der Waals surface area contributed by atoms with Crippen molar-refractivity contribution in [1.29, 1.82) is 0 Å². The number of rotatable bonds is 2. The molecule has 0 amide bonds. The number of halogens is 1. The molecule has 16 heavy (non-hydrogen) atoms. The summed E-state index contributed by atoms with van der Waals surface area (Å²) in [4.78, 5) is 12.1. The largest absolute Gasteiger partial charge is 0.458 e. The van der Waals surface area contributed by atoms with Crippen LogP contribution in [-0.2, 0) is 15.1 Å². The number of carbonyl (C=O) groups is 1. The molecule has 0 aliphatic heterocycles. The van der Waals surface area contributed by atoms with Crippen LogP contribution in [0.4, 0.5) is 0 Å². The van der Waals surface area contributed by atoms with Gasteiger partial charge in [-0.1, -0.05) is 0 Å². The summed E-state index contributed by atoms with van der Waals surface area (Å²) in [7, 11) is 0. The van der Waals surface area contributed by atoms with Gasteiger partial charge in [0.15, 0.2) is 5.54 Å². The fourth-order valence-electron chi connectivity index (χ4n) is 1.55. The normalized spacial score (nSPS) is 18.2. The Morgan fingerprint density at radius 3 is 2.56 bits per heavy atom. The maximum atomic E-state index is 12.1. The van der Waals surface area contributed by atoms with Gasteiger partial charge < -0.3 is 4.74 Å². The second kappa shape index (κ2) is 3.72. The van der Waals surface area contributed by atoms with Crippen molar-refractivity contribution in [3.8, 4) is 0 Å². The minimum absolute atomic E-state index is 0.167. The van der Waals surface area contributed by atoms with Crippen LogP contribution < -0.4 is 0 Å². The van der Waals surface area contributed by atoms with Gasteiger partial charge in [-0.3, -0.25) is 4.68 Å². The molecule has 0 N–H and O–H groups in total. The van der Waals surface area contributed by atoms with Gasteiger partial charge in [0.05, 0.1) is 9.77 Å². The van der Waals surface area contributed by atoms with Gasteiger partial charge >= 0.3 is 5.97 Å². The van der Waals surface area contributed by atoms with Crippen molar-refractivity contribution in [2.24, 2.45) is 0 Å². The highest BCUT2D eigenvalue weighted by Crippen LogP contribution is 2.45. The number of aromatic nitrogens is 2. The SMILES string of the molecule is CC(C)(C)OC(=O)C1(n2cc(I)cn2)CC1. The molecule has 4 nitrogen and oxygen atoms in total. The molecule has 1 saturated carbocycles. The molecule has 1 aliphatic carbocycles. The van der Waals surface area contributed by atoms with Gasteiger partial charge in [0.1, 0.15) is 5.60 Å². The molecule has 5 heteroatoms. The molecular weight excluding hydrogens is 319 g/mol. The van der Waals surface area contributed by atoms with Gasteiger partial charge in [0, 0.05) is 6.20 Å². The number of hydrogen-bond acceptors (Lipinski definition) is 3. The van der Waals surface area contributed by atoms with Crippen molar-refractivity contribution >= 4 is 28.6 Å². The van der Waals surface area contributed by atoms with E-state index in [2.05, 4.69) is 27.7 Å². The molecule has 0 saturated heterocycles. The fourth-order valence-corrected chi connectivity index (χ4v) is 1.94. The third kappa shape index (κ3) is 2.23. The van der Waals surface area contributed by atoms with Crippen LogP contribution >= 0.6 is 22.6 Å². The smallest absolute Gasteiger partial charge is 0.334 e. The molecule has 1 aliphatic rings. The van der Waals surface area contributed by atoms with E-state index in [1.54, 1.807) is 10.9 Å². The molecular formula is C11H15IN2O2. The molecule has 1 fully saturated rings. The lowest BCUT2D eigenvalue weighted by molar-refractivity contribution is -0.161. The summed E-state index contributed by atoms with van der Waals surface area (Å²) in [6.45, 7) is 5.65. The van der Waals surface area contributed by atoms with Crippen LogP contribution in [0, 0.1) is 3.57 Å². The molecule has 1 aromatic rings. The summed E-state index contributed by atoms with van der Waals surface area (Å²) in [5.74, 6) is -0.167. The minimum atomic E-state index is -0.531. The Kier molecular flexibility index (Phi) is 2.76. The highest BCUT2D eigenvalue weighted by atomic mass is 127. The number of nitrogens with zero attached hydrogens (tertiary/aromatic N) is 2. The van der Waals surface area contributed by atoms with Crippen LogP contribution in [0.2, 0.25) is 0 Å². The highest BCUT2D eigenvalue weighted by molar-refractivity contribution is 14.1. The van der Waals surface area contributed by atoms with Gasteiger partial charge in [-0.2, -0.15) is 5.10 Å². The molecule has 0 aromatic carbocycles. The van der Waals surface area contributed by atoms with E-state index < -0.39 is 11.1 Å². The van der Waals surface area contributed by atoms with Crippen molar-refractivity contribution in [1.82, 2.24) is 9.78 Å². The van der Waals surface area contributed by atoms with Crippen LogP contribution in [0.15, 0.2) is 12.4 Å². The van der Waals surface area contributed by atoms with Crippen molar-refractivity contribution in [3.05, 3.63) is 16.0 Å². The Morgan fingerprint density at radius 1 is 1.56 bits per heavy atom. The van der Waals surface area contributed by atoms with Gasteiger partial charge in [0.2, 0.25) is 0 Å². The zero-order valence-electron chi connectivity index (χ0n) is 9.66. The minimum Gasteiger partial charge on any atom is -0.458 e. The van der Waals surface area contributed by atoms with E-state index in [1.807, 2.05) is 27.0 Å². The number of ether oxygens (including phenoxy) is 1. The first-order valence-electron chi connectivity index (χ1n) is 5.28. The third-order valence-electron chi connectivity index (χ3n) is 2.49. The molecule has 2 rings (SSSR count). The summed E-state index contributed by atoms with van der Waals surface area (Å²) in [6, 6.07) is 0. The third-order valence-corrected chi connectivity index (χ3v) is 3.05. The predicted molar refractivity (Wildman–Crippen MR) is 68.0 cm³/mol. The highest BCUT2D eigenvalue weighted by Gasteiger charge is 2.55. The Morgan fingerprint density at radius 2 is 2.19 bits per heavy atom. The average Bonchev–Trinajstić information content (AvgIpc) is 2.82. The lowest BCUT2D eigenvalue weighted by atomic mass is 10.2. The summed E-state index contributed by atoms with van der Waals surface area (Å²) >= 11 is 2.18. The van der Waals surface area contributed by atoms with Crippen LogP contribution in [0.3, 0.4) is 0 Å². The lowest BCUT2D eigenvalue weighted by Crippen LogP contribution is -2.35. The number of carbonyl (C=O) groups excluding carboxylic acids is 1. The van der Waals surface area contributed by atoms with Crippen LogP contribution in [0.1, 0.15) is 33.6 Å². The van der Waals surface area contributed by atoms with E-state index in [9.17, 15) is 4.79 Å². The van der Waals surface area contributed by atoms with E-state index >= 15 is 0 Å². The average molecular weight is 334 g/mol. The fraction of sp³-hybridized carbons (Fsp3) is 0.636. The van der Waals surface area contributed by atoms with E-state index in [4.69, 9.17) is 4.74 Å². The topological polar surface area (TPSA) is 44.1 Å². The van der Waals surface area contributed by atoms with Crippen molar-refractivity contribution in [2.75, 3.05) is 0 Å². The summed E-state index contributed by atoms with van der Waals surface area (Å²) in [6.07, 6.45) is 5.28. The lowest BCUT2D eigenvalue weighted by Gasteiger charge is -2.23. The Balaban J connectivity index is 2.17. The summed E-state index contributed by atoms with van der Waals surface area (Å²) in [5, 5.41) is 4.21. The quantitative estimate of drug-likeness (QED) is 0.616. The molecule has 1 heterocycles. The van der Waals surface area contributed by atoms with Crippen LogP contribution in [0.25, 0.3) is 0 Å². The molecule has 1 aromatic heterocycles. The monoisotopic (exact) mass is 334 g/mol. The van der Waals surface area contributed by atoms with Crippen molar-refractivity contribution < 1.29 is 9.53 Å². The van der Waals surface area contributed by atoms with Crippen molar-refractivity contribution in [3.63, 3.8) is 0 Å².